The minimum absolute atomic E-state index is 0.0261. The van der Waals surface area contributed by atoms with Gasteiger partial charge in [0.25, 0.3) is 0 Å². The van der Waals surface area contributed by atoms with Gasteiger partial charge in [-0.25, -0.2) is 4.98 Å². The molecule has 2 N–H and O–H groups in total. The van der Waals surface area contributed by atoms with E-state index in [9.17, 15) is 0 Å². The molecule has 1 heterocycles. The number of aryl methyl sites for hydroxylation is 2. The SMILES string of the molecule is Cc1cc(-n2cncc2[C@@H](C)N)cc(C)c1Br. The van der Waals surface area contributed by atoms with E-state index in [2.05, 4.69) is 46.9 Å². The van der Waals surface area contributed by atoms with Gasteiger partial charge in [0.2, 0.25) is 0 Å². The zero-order valence-electron chi connectivity index (χ0n) is 10.2. The fourth-order valence-corrected chi connectivity index (χ4v) is 2.15. The number of aromatic nitrogens is 2. The lowest BCUT2D eigenvalue weighted by Crippen LogP contribution is -2.10. The van der Waals surface area contributed by atoms with Gasteiger partial charge in [-0.1, -0.05) is 15.9 Å². The fraction of sp³-hybridized carbons (Fsp3) is 0.308. The number of benzene rings is 1. The molecule has 0 aliphatic rings. The van der Waals surface area contributed by atoms with Crippen LogP contribution in [0.3, 0.4) is 0 Å². The van der Waals surface area contributed by atoms with Crippen LogP contribution in [-0.2, 0) is 0 Å². The Kier molecular flexibility index (Phi) is 3.35. The van der Waals surface area contributed by atoms with E-state index >= 15 is 0 Å². The highest BCUT2D eigenvalue weighted by atomic mass is 79.9. The van der Waals surface area contributed by atoms with Crippen molar-refractivity contribution < 1.29 is 0 Å². The Morgan fingerprint density at radius 2 is 1.88 bits per heavy atom. The van der Waals surface area contributed by atoms with Crippen LogP contribution in [0.5, 0.6) is 0 Å². The van der Waals surface area contributed by atoms with Crippen molar-refractivity contribution in [2.45, 2.75) is 26.8 Å². The average molecular weight is 294 g/mol. The van der Waals surface area contributed by atoms with Gasteiger partial charge in [-0.05, 0) is 44.0 Å². The number of hydrogen-bond donors (Lipinski definition) is 1. The molecule has 0 unspecified atom stereocenters. The van der Waals surface area contributed by atoms with E-state index in [0.29, 0.717) is 0 Å². The van der Waals surface area contributed by atoms with E-state index in [1.165, 1.54) is 11.1 Å². The number of halogens is 1. The third kappa shape index (κ3) is 2.28. The first kappa shape index (κ1) is 12.3. The quantitative estimate of drug-likeness (QED) is 0.923. The van der Waals surface area contributed by atoms with Gasteiger partial charge in [-0.2, -0.15) is 0 Å². The van der Waals surface area contributed by atoms with Crippen molar-refractivity contribution in [1.29, 1.82) is 0 Å². The summed E-state index contributed by atoms with van der Waals surface area (Å²) in [6, 6.07) is 4.23. The van der Waals surface area contributed by atoms with E-state index in [0.717, 1.165) is 15.9 Å². The molecule has 0 saturated carbocycles. The standard InChI is InChI=1S/C13H16BrN3/c1-8-4-11(5-9(2)13(8)14)17-7-16-6-12(17)10(3)15/h4-7,10H,15H2,1-3H3/t10-/m1/s1. The molecule has 1 atom stereocenters. The molecule has 2 rings (SSSR count). The molecular formula is C13H16BrN3. The first-order chi connectivity index (χ1) is 8.00. The molecule has 17 heavy (non-hydrogen) atoms. The van der Waals surface area contributed by atoms with Gasteiger partial charge in [0.1, 0.15) is 0 Å². The first-order valence-corrected chi connectivity index (χ1v) is 6.35. The van der Waals surface area contributed by atoms with E-state index < -0.39 is 0 Å². The minimum atomic E-state index is -0.0261. The van der Waals surface area contributed by atoms with Gasteiger partial charge in [0.15, 0.2) is 0 Å². The summed E-state index contributed by atoms with van der Waals surface area (Å²) in [5.41, 5.74) is 10.5. The van der Waals surface area contributed by atoms with Crippen molar-refractivity contribution in [2.24, 2.45) is 5.73 Å². The van der Waals surface area contributed by atoms with Crippen LogP contribution < -0.4 is 5.73 Å². The molecule has 3 nitrogen and oxygen atoms in total. The molecular weight excluding hydrogens is 278 g/mol. The molecule has 0 aliphatic carbocycles. The molecule has 0 saturated heterocycles. The maximum absolute atomic E-state index is 5.93. The Hall–Kier alpha value is -1.13. The lowest BCUT2D eigenvalue weighted by atomic mass is 10.1. The molecule has 0 bridgehead atoms. The second-order valence-corrected chi connectivity index (χ2v) is 5.16. The maximum atomic E-state index is 5.93. The Balaban J connectivity index is 2.57. The molecule has 90 valence electrons. The summed E-state index contributed by atoms with van der Waals surface area (Å²) in [6.45, 7) is 6.14. The van der Waals surface area contributed by atoms with Crippen LogP contribution in [0, 0.1) is 13.8 Å². The predicted molar refractivity (Wildman–Crippen MR) is 73.3 cm³/mol. The number of imidazole rings is 1. The van der Waals surface area contributed by atoms with Crippen molar-refractivity contribution in [1.82, 2.24) is 9.55 Å². The Bertz CT molecular complexity index is 520. The minimum Gasteiger partial charge on any atom is -0.323 e. The molecule has 0 radical (unpaired) electrons. The molecule has 1 aromatic heterocycles. The summed E-state index contributed by atoms with van der Waals surface area (Å²) >= 11 is 3.57. The van der Waals surface area contributed by atoms with Crippen LogP contribution in [0.15, 0.2) is 29.1 Å². The van der Waals surface area contributed by atoms with Crippen molar-refractivity contribution in [3.05, 3.63) is 46.0 Å². The predicted octanol–water partition coefficient (Wildman–Crippen LogP) is 3.27. The van der Waals surface area contributed by atoms with E-state index in [1.807, 2.05) is 17.7 Å². The van der Waals surface area contributed by atoms with Crippen LogP contribution in [0.2, 0.25) is 0 Å². The van der Waals surface area contributed by atoms with Crippen LogP contribution in [0.1, 0.15) is 29.8 Å². The zero-order chi connectivity index (χ0) is 12.6. The summed E-state index contributed by atoms with van der Waals surface area (Å²) in [7, 11) is 0. The summed E-state index contributed by atoms with van der Waals surface area (Å²) in [5.74, 6) is 0. The normalized spacial score (nSPS) is 12.8. The van der Waals surface area contributed by atoms with Crippen molar-refractivity contribution in [3.63, 3.8) is 0 Å². The molecule has 0 fully saturated rings. The average Bonchev–Trinajstić information content (AvgIpc) is 2.74. The van der Waals surface area contributed by atoms with Crippen LogP contribution in [0.4, 0.5) is 0 Å². The van der Waals surface area contributed by atoms with Gasteiger partial charge in [-0.15, -0.1) is 0 Å². The summed E-state index contributed by atoms with van der Waals surface area (Å²) in [5, 5.41) is 0. The van der Waals surface area contributed by atoms with Crippen LogP contribution in [-0.4, -0.2) is 9.55 Å². The van der Waals surface area contributed by atoms with Gasteiger partial charge < -0.3 is 10.3 Å². The first-order valence-electron chi connectivity index (χ1n) is 5.55. The van der Waals surface area contributed by atoms with Crippen molar-refractivity contribution in [2.75, 3.05) is 0 Å². The van der Waals surface area contributed by atoms with E-state index in [4.69, 9.17) is 5.73 Å². The highest BCUT2D eigenvalue weighted by Gasteiger charge is 2.10. The smallest absolute Gasteiger partial charge is 0.0994 e. The lowest BCUT2D eigenvalue weighted by molar-refractivity contribution is 0.752. The number of nitrogens with zero attached hydrogens (tertiary/aromatic N) is 2. The van der Waals surface area contributed by atoms with Crippen molar-refractivity contribution in [3.8, 4) is 5.69 Å². The van der Waals surface area contributed by atoms with Gasteiger partial charge in [-0.3, -0.25) is 0 Å². The molecule has 0 amide bonds. The highest BCUT2D eigenvalue weighted by molar-refractivity contribution is 9.10. The molecule has 0 aliphatic heterocycles. The fourth-order valence-electron chi connectivity index (χ4n) is 1.92. The largest absolute Gasteiger partial charge is 0.323 e. The zero-order valence-corrected chi connectivity index (χ0v) is 11.8. The Morgan fingerprint density at radius 1 is 1.29 bits per heavy atom. The summed E-state index contributed by atoms with van der Waals surface area (Å²) in [4.78, 5) is 4.17. The maximum Gasteiger partial charge on any atom is 0.0994 e. The van der Waals surface area contributed by atoms with Gasteiger partial charge in [0, 0.05) is 16.2 Å². The summed E-state index contributed by atoms with van der Waals surface area (Å²) < 4.78 is 3.20. The molecule has 1 aromatic carbocycles. The summed E-state index contributed by atoms with van der Waals surface area (Å²) in [6.07, 6.45) is 3.62. The second-order valence-electron chi connectivity index (χ2n) is 4.37. The third-order valence-electron chi connectivity index (χ3n) is 2.83. The third-order valence-corrected chi connectivity index (χ3v) is 4.08. The van der Waals surface area contributed by atoms with Gasteiger partial charge >= 0.3 is 0 Å². The van der Waals surface area contributed by atoms with Crippen molar-refractivity contribution >= 4 is 15.9 Å². The highest BCUT2D eigenvalue weighted by Crippen LogP contribution is 2.25. The second kappa shape index (κ2) is 4.63. The van der Waals surface area contributed by atoms with Crippen LogP contribution >= 0.6 is 15.9 Å². The monoisotopic (exact) mass is 293 g/mol. The molecule has 4 heteroatoms. The van der Waals surface area contributed by atoms with Crippen LogP contribution in [0.25, 0.3) is 5.69 Å². The number of rotatable bonds is 2. The Labute approximate surface area is 110 Å². The number of nitrogens with two attached hydrogens (primary N) is 1. The topological polar surface area (TPSA) is 43.8 Å². The molecule has 0 spiro atoms. The Morgan fingerprint density at radius 3 is 2.41 bits per heavy atom. The van der Waals surface area contributed by atoms with E-state index in [1.54, 1.807) is 6.33 Å². The van der Waals surface area contributed by atoms with E-state index in [-0.39, 0.29) is 6.04 Å². The number of hydrogen-bond acceptors (Lipinski definition) is 2. The lowest BCUT2D eigenvalue weighted by Gasteiger charge is -2.13. The molecule has 2 aromatic rings. The van der Waals surface area contributed by atoms with Gasteiger partial charge in [0.05, 0.1) is 18.2 Å².